The van der Waals surface area contributed by atoms with Crippen molar-refractivity contribution in [3.05, 3.63) is 41.6 Å². The van der Waals surface area contributed by atoms with E-state index in [9.17, 15) is 8.42 Å². The van der Waals surface area contributed by atoms with E-state index in [1.54, 1.807) is 30.5 Å². The Bertz CT molecular complexity index is 1020. The SMILES string of the molecule is N/N=C(\NN)c1c(-c2ccc(N)nc2)ccc(CCC2CCNCC2)c1S(N)(=O)=O. The molecule has 1 fully saturated rings. The maximum Gasteiger partial charge on any atom is 0.239 e. The Morgan fingerprint density at radius 2 is 1.97 bits per heavy atom. The molecule has 0 aliphatic carbocycles. The summed E-state index contributed by atoms with van der Waals surface area (Å²) in [6.07, 6.45) is 5.09. The summed E-state index contributed by atoms with van der Waals surface area (Å²) in [5.41, 5.74) is 10.1. The van der Waals surface area contributed by atoms with E-state index in [0.717, 1.165) is 32.4 Å². The summed E-state index contributed by atoms with van der Waals surface area (Å²) in [6.45, 7) is 1.95. The molecule has 10 nitrogen and oxygen atoms in total. The number of sulfonamides is 1. The van der Waals surface area contributed by atoms with Crippen molar-refractivity contribution in [2.75, 3.05) is 18.8 Å². The molecule has 0 spiro atoms. The predicted molar refractivity (Wildman–Crippen MR) is 117 cm³/mol. The molecule has 0 unspecified atom stereocenters. The predicted octanol–water partition coefficient (Wildman–Crippen LogP) is -0.00600. The van der Waals surface area contributed by atoms with Crippen LogP contribution in [-0.4, -0.2) is 32.3 Å². The number of anilines is 1. The van der Waals surface area contributed by atoms with Crippen LogP contribution in [0.3, 0.4) is 0 Å². The van der Waals surface area contributed by atoms with Crippen LogP contribution in [0, 0.1) is 5.92 Å². The number of nitrogens with zero attached hydrogens (tertiary/aromatic N) is 2. The zero-order valence-electron chi connectivity index (χ0n) is 16.6. The molecule has 162 valence electrons. The smallest absolute Gasteiger partial charge is 0.239 e. The minimum absolute atomic E-state index is 0.00886. The van der Waals surface area contributed by atoms with E-state index >= 15 is 0 Å². The Morgan fingerprint density at radius 3 is 2.53 bits per heavy atom. The Hall–Kier alpha value is -2.73. The Morgan fingerprint density at radius 1 is 1.23 bits per heavy atom. The first kappa shape index (κ1) is 22.0. The monoisotopic (exact) mass is 432 g/mol. The standard InChI is InChI=1S/C19H28N8O2S/c20-16-6-4-14(11-25-16)15-5-3-13(2-1-12-7-9-24-10-8-12)18(30(23,28)29)17(15)19(26-21)27-22/h3-6,11-12,24H,1-2,7-10,21-22H2,(H2,20,25)(H,26,27)(H2,23,28,29). The van der Waals surface area contributed by atoms with Crippen LogP contribution in [0.15, 0.2) is 40.5 Å². The lowest BCUT2D eigenvalue weighted by Gasteiger charge is -2.23. The van der Waals surface area contributed by atoms with Crippen LogP contribution >= 0.6 is 0 Å². The first-order valence-electron chi connectivity index (χ1n) is 9.71. The number of nitrogens with two attached hydrogens (primary N) is 4. The van der Waals surface area contributed by atoms with Gasteiger partial charge in [-0.15, -0.1) is 0 Å². The van der Waals surface area contributed by atoms with Gasteiger partial charge in [-0.2, -0.15) is 5.10 Å². The lowest BCUT2D eigenvalue weighted by atomic mass is 9.90. The van der Waals surface area contributed by atoms with Crippen molar-refractivity contribution in [1.29, 1.82) is 0 Å². The molecule has 1 aromatic carbocycles. The zero-order chi connectivity index (χ0) is 21.7. The number of hydrogen-bond acceptors (Lipinski definition) is 8. The van der Waals surface area contributed by atoms with Gasteiger partial charge in [-0.3, -0.25) is 0 Å². The van der Waals surface area contributed by atoms with E-state index in [4.69, 9.17) is 22.6 Å². The zero-order valence-corrected chi connectivity index (χ0v) is 17.5. The molecule has 0 bridgehead atoms. The van der Waals surface area contributed by atoms with Crippen molar-refractivity contribution in [2.24, 2.45) is 27.8 Å². The lowest BCUT2D eigenvalue weighted by molar-refractivity contribution is 0.354. The van der Waals surface area contributed by atoms with Gasteiger partial charge in [0, 0.05) is 17.3 Å². The van der Waals surface area contributed by atoms with E-state index in [1.807, 2.05) is 0 Å². The fourth-order valence-corrected chi connectivity index (χ4v) is 4.92. The van der Waals surface area contributed by atoms with E-state index in [1.165, 1.54) is 0 Å². The number of hydrogen-bond donors (Lipinski definition) is 6. The average Bonchev–Trinajstić information content (AvgIpc) is 2.73. The van der Waals surface area contributed by atoms with Crippen molar-refractivity contribution in [2.45, 2.75) is 30.6 Å². The number of piperidine rings is 1. The molecule has 2 heterocycles. The number of amidine groups is 1. The summed E-state index contributed by atoms with van der Waals surface area (Å²) < 4.78 is 25.3. The topological polar surface area (TPSA) is 188 Å². The van der Waals surface area contributed by atoms with Crippen molar-refractivity contribution in [3.8, 4) is 11.1 Å². The van der Waals surface area contributed by atoms with Crippen molar-refractivity contribution in [1.82, 2.24) is 15.7 Å². The quantitative estimate of drug-likeness (QED) is 0.159. The molecule has 2 aromatic rings. The Labute approximate surface area is 176 Å². The van der Waals surface area contributed by atoms with Crippen molar-refractivity contribution >= 4 is 21.7 Å². The third-order valence-electron chi connectivity index (χ3n) is 5.40. The molecular weight excluding hydrogens is 404 g/mol. The highest BCUT2D eigenvalue weighted by Crippen LogP contribution is 2.33. The molecule has 1 aliphatic rings. The fraction of sp³-hybridized carbons (Fsp3) is 0.368. The molecule has 3 rings (SSSR count). The van der Waals surface area contributed by atoms with Gasteiger partial charge in [0.15, 0.2) is 5.84 Å². The largest absolute Gasteiger partial charge is 0.384 e. The molecule has 1 aliphatic heterocycles. The van der Waals surface area contributed by atoms with Gasteiger partial charge in [-0.25, -0.2) is 24.4 Å². The van der Waals surface area contributed by atoms with Crippen LogP contribution < -0.4 is 33.3 Å². The molecular formula is C19H28N8O2S. The number of nitrogens with one attached hydrogen (secondary N) is 2. The summed E-state index contributed by atoms with van der Waals surface area (Å²) in [4.78, 5) is 4.05. The second kappa shape index (κ2) is 9.39. The lowest BCUT2D eigenvalue weighted by Crippen LogP contribution is -2.35. The minimum Gasteiger partial charge on any atom is -0.384 e. The highest BCUT2D eigenvalue weighted by atomic mass is 32.2. The fourth-order valence-electron chi connectivity index (χ4n) is 3.89. The van der Waals surface area contributed by atoms with E-state index in [2.05, 4.69) is 20.8 Å². The first-order chi connectivity index (χ1) is 14.3. The molecule has 0 radical (unpaired) electrons. The second-order valence-corrected chi connectivity index (χ2v) is 8.85. The molecule has 0 atom stereocenters. The van der Waals surface area contributed by atoms with Gasteiger partial charge >= 0.3 is 0 Å². The molecule has 1 aromatic heterocycles. The van der Waals surface area contributed by atoms with Gasteiger partial charge < -0.3 is 22.3 Å². The third-order valence-corrected chi connectivity index (χ3v) is 6.44. The van der Waals surface area contributed by atoms with E-state index in [0.29, 0.717) is 34.8 Å². The van der Waals surface area contributed by atoms with E-state index < -0.39 is 10.0 Å². The summed E-state index contributed by atoms with van der Waals surface area (Å²) >= 11 is 0. The number of pyridine rings is 1. The average molecular weight is 433 g/mol. The van der Waals surface area contributed by atoms with Gasteiger partial charge in [-0.1, -0.05) is 12.1 Å². The summed E-state index contributed by atoms with van der Waals surface area (Å²) in [5, 5.41) is 12.6. The minimum atomic E-state index is -4.11. The summed E-state index contributed by atoms with van der Waals surface area (Å²) in [6, 6.07) is 6.93. The number of benzene rings is 1. The molecule has 10 N–H and O–H groups in total. The van der Waals surface area contributed by atoms with Gasteiger partial charge in [0.25, 0.3) is 0 Å². The number of hydrazone groups is 1. The maximum atomic E-state index is 12.7. The van der Waals surface area contributed by atoms with Crippen molar-refractivity contribution in [3.63, 3.8) is 0 Å². The number of aromatic nitrogens is 1. The van der Waals surface area contributed by atoms with Gasteiger partial charge in [0.1, 0.15) is 5.82 Å². The van der Waals surface area contributed by atoms with Crippen LogP contribution in [0.1, 0.15) is 30.4 Å². The number of hydrazine groups is 1. The molecule has 1 saturated heterocycles. The molecule has 11 heteroatoms. The highest BCUT2D eigenvalue weighted by molar-refractivity contribution is 7.89. The van der Waals surface area contributed by atoms with Gasteiger partial charge in [0.05, 0.1) is 4.90 Å². The van der Waals surface area contributed by atoms with Crippen LogP contribution in [0.2, 0.25) is 0 Å². The summed E-state index contributed by atoms with van der Waals surface area (Å²) in [7, 11) is -4.11. The molecule has 0 amide bonds. The van der Waals surface area contributed by atoms with Gasteiger partial charge in [0.2, 0.25) is 10.0 Å². The van der Waals surface area contributed by atoms with Crippen LogP contribution in [0.5, 0.6) is 0 Å². The number of aryl methyl sites for hydroxylation is 1. The number of nitrogen functional groups attached to an aromatic ring is 1. The van der Waals surface area contributed by atoms with E-state index in [-0.39, 0.29) is 16.3 Å². The van der Waals surface area contributed by atoms with Gasteiger partial charge in [-0.05, 0) is 68.0 Å². The van der Waals surface area contributed by atoms with Crippen LogP contribution in [-0.2, 0) is 16.4 Å². The number of rotatable bonds is 6. The normalized spacial score (nSPS) is 15.9. The Kier molecular flexibility index (Phi) is 6.87. The highest BCUT2D eigenvalue weighted by Gasteiger charge is 2.26. The van der Waals surface area contributed by atoms with Crippen LogP contribution in [0.25, 0.3) is 11.1 Å². The van der Waals surface area contributed by atoms with Crippen molar-refractivity contribution < 1.29 is 8.42 Å². The Balaban J connectivity index is 2.14. The first-order valence-corrected chi connectivity index (χ1v) is 11.3. The number of primary sulfonamides is 1. The second-order valence-electron chi connectivity index (χ2n) is 7.35. The third kappa shape index (κ3) is 4.87. The van der Waals surface area contributed by atoms with Crippen LogP contribution in [0.4, 0.5) is 5.82 Å². The molecule has 0 saturated carbocycles. The summed E-state index contributed by atoms with van der Waals surface area (Å²) in [5.74, 6) is 12.0. The molecule has 30 heavy (non-hydrogen) atoms. The maximum absolute atomic E-state index is 12.7.